The van der Waals surface area contributed by atoms with Gasteiger partial charge in [0.05, 0.1) is 0 Å². The normalized spacial score (nSPS) is 10.1. The molecule has 2 N–H and O–H groups in total. The molecule has 0 aromatic heterocycles. The quantitative estimate of drug-likeness (QED) is 0.869. The Bertz CT molecular complexity index is 588. The molecule has 0 aliphatic carbocycles. The molecule has 0 atom stereocenters. The topological polar surface area (TPSA) is 41.1 Å². The average molecular weight is 254 g/mol. The van der Waals surface area contributed by atoms with Crippen molar-refractivity contribution in [1.82, 2.24) is 0 Å². The van der Waals surface area contributed by atoms with Crippen LogP contribution in [0, 0.1) is 13.8 Å². The van der Waals surface area contributed by atoms with Crippen molar-refractivity contribution >= 4 is 23.0 Å². The molecular weight excluding hydrogens is 236 g/mol. The zero-order chi connectivity index (χ0) is 13.8. The highest BCUT2D eigenvalue weighted by atomic mass is 16.1. The maximum atomic E-state index is 11.1. The summed E-state index contributed by atoms with van der Waals surface area (Å²) >= 11 is 0. The number of rotatable bonds is 3. The molecule has 0 fully saturated rings. The molecule has 0 spiro atoms. The molecule has 3 heteroatoms. The van der Waals surface area contributed by atoms with E-state index in [9.17, 15) is 4.79 Å². The van der Waals surface area contributed by atoms with Gasteiger partial charge >= 0.3 is 0 Å². The molecule has 0 heterocycles. The Balaban J connectivity index is 2.21. The summed E-state index contributed by atoms with van der Waals surface area (Å²) in [5.41, 5.74) is 5.10. The van der Waals surface area contributed by atoms with E-state index in [0.29, 0.717) is 0 Å². The van der Waals surface area contributed by atoms with Crippen LogP contribution in [0.4, 0.5) is 17.1 Å². The minimum absolute atomic E-state index is 0.0596. The van der Waals surface area contributed by atoms with Gasteiger partial charge in [0.15, 0.2) is 0 Å². The van der Waals surface area contributed by atoms with Crippen molar-refractivity contribution in [3.63, 3.8) is 0 Å². The molecule has 0 unspecified atom stereocenters. The lowest BCUT2D eigenvalue weighted by Gasteiger charge is -2.11. The average Bonchev–Trinajstić information content (AvgIpc) is 2.36. The van der Waals surface area contributed by atoms with Gasteiger partial charge in [-0.15, -0.1) is 0 Å². The van der Waals surface area contributed by atoms with Gasteiger partial charge in [-0.05, 0) is 43.7 Å². The lowest BCUT2D eigenvalue weighted by molar-refractivity contribution is -0.114. The van der Waals surface area contributed by atoms with Crippen LogP contribution in [-0.4, -0.2) is 5.91 Å². The Labute approximate surface area is 113 Å². The fourth-order valence-corrected chi connectivity index (χ4v) is 1.83. The molecule has 3 nitrogen and oxygen atoms in total. The molecule has 0 saturated carbocycles. The molecule has 98 valence electrons. The van der Waals surface area contributed by atoms with Gasteiger partial charge in [0.2, 0.25) is 5.91 Å². The fourth-order valence-electron chi connectivity index (χ4n) is 1.83. The summed E-state index contributed by atoms with van der Waals surface area (Å²) in [5, 5.41) is 6.15. The van der Waals surface area contributed by atoms with Crippen molar-refractivity contribution < 1.29 is 4.79 Å². The second kappa shape index (κ2) is 5.57. The third kappa shape index (κ3) is 3.58. The SMILES string of the molecule is CC(=O)Nc1cc(Nc2ccc(C)cc2)ccc1C. The Morgan fingerprint density at radius 1 is 0.947 bits per heavy atom. The summed E-state index contributed by atoms with van der Waals surface area (Å²) in [4.78, 5) is 11.1. The summed E-state index contributed by atoms with van der Waals surface area (Å²) in [7, 11) is 0. The molecule has 0 saturated heterocycles. The third-order valence-electron chi connectivity index (χ3n) is 2.89. The van der Waals surface area contributed by atoms with Gasteiger partial charge in [0, 0.05) is 24.0 Å². The first-order valence-corrected chi connectivity index (χ1v) is 6.26. The summed E-state index contributed by atoms with van der Waals surface area (Å²) in [6.45, 7) is 5.55. The number of anilines is 3. The maximum absolute atomic E-state index is 11.1. The van der Waals surface area contributed by atoms with Crippen LogP contribution < -0.4 is 10.6 Å². The van der Waals surface area contributed by atoms with Crippen LogP contribution in [0.5, 0.6) is 0 Å². The number of hydrogen-bond acceptors (Lipinski definition) is 2. The maximum Gasteiger partial charge on any atom is 0.221 e. The Kier molecular flexibility index (Phi) is 3.85. The van der Waals surface area contributed by atoms with Crippen LogP contribution in [0.25, 0.3) is 0 Å². The zero-order valence-electron chi connectivity index (χ0n) is 11.4. The highest BCUT2D eigenvalue weighted by Gasteiger charge is 2.02. The molecule has 2 aromatic carbocycles. The molecule has 19 heavy (non-hydrogen) atoms. The minimum atomic E-state index is -0.0596. The summed E-state index contributed by atoms with van der Waals surface area (Å²) in [6.07, 6.45) is 0. The Hall–Kier alpha value is -2.29. The van der Waals surface area contributed by atoms with E-state index in [1.807, 2.05) is 37.3 Å². The Morgan fingerprint density at radius 2 is 1.58 bits per heavy atom. The van der Waals surface area contributed by atoms with E-state index < -0.39 is 0 Å². The number of hydrogen-bond donors (Lipinski definition) is 2. The minimum Gasteiger partial charge on any atom is -0.355 e. The molecule has 2 rings (SSSR count). The van der Waals surface area contributed by atoms with E-state index in [2.05, 4.69) is 29.7 Å². The van der Waals surface area contributed by atoms with E-state index in [-0.39, 0.29) is 5.91 Å². The van der Waals surface area contributed by atoms with Crippen molar-refractivity contribution in [2.45, 2.75) is 20.8 Å². The standard InChI is InChI=1S/C16H18N2O/c1-11-4-7-14(8-5-11)18-15-9-6-12(2)16(10-15)17-13(3)19/h4-10,18H,1-3H3,(H,17,19). The molecule has 0 aliphatic rings. The van der Waals surface area contributed by atoms with Crippen LogP contribution in [0.3, 0.4) is 0 Å². The van der Waals surface area contributed by atoms with Crippen LogP contribution in [0.1, 0.15) is 18.1 Å². The first-order chi connectivity index (χ1) is 9.04. The number of nitrogens with one attached hydrogen (secondary N) is 2. The fraction of sp³-hybridized carbons (Fsp3) is 0.188. The van der Waals surface area contributed by atoms with Gasteiger partial charge in [-0.2, -0.15) is 0 Å². The van der Waals surface area contributed by atoms with Gasteiger partial charge in [0.25, 0.3) is 0 Å². The number of aryl methyl sites for hydroxylation is 2. The van der Waals surface area contributed by atoms with Gasteiger partial charge in [-0.1, -0.05) is 23.8 Å². The predicted octanol–water partition coefficient (Wildman–Crippen LogP) is 4.01. The largest absolute Gasteiger partial charge is 0.355 e. The van der Waals surface area contributed by atoms with Crippen LogP contribution in [0.2, 0.25) is 0 Å². The van der Waals surface area contributed by atoms with Crippen molar-refractivity contribution in [2.24, 2.45) is 0 Å². The zero-order valence-corrected chi connectivity index (χ0v) is 11.4. The highest BCUT2D eigenvalue weighted by Crippen LogP contribution is 2.23. The summed E-state index contributed by atoms with van der Waals surface area (Å²) in [5.74, 6) is -0.0596. The molecule has 0 radical (unpaired) electrons. The third-order valence-corrected chi connectivity index (χ3v) is 2.89. The van der Waals surface area contributed by atoms with Crippen LogP contribution >= 0.6 is 0 Å². The van der Waals surface area contributed by atoms with Gasteiger partial charge in [-0.25, -0.2) is 0 Å². The van der Waals surface area contributed by atoms with Crippen molar-refractivity contribution in [1.29, 1.82) is 0 Å². The number of benzene rings is 2. The number of carbonyl (C=O) groups excluding carboxylic acids is 1. The summed E-state index contributed by atoms with van der Waals surface area (Å²) < 4.78 is 0. The van der Waals surface area contributed by atoms with Crippen molar-refractivity contribution in [3.05, 3.63) is 53.6 Å². The van der Waals surface area contributed by atoms with E-state index in [1.54, 1.807) is 0 Å². The van der Waals surface area contributed by atoms with E-state index in [0.717, 1.165) is 22.6 Å². The van der Waals surface area contributed by atoms with Gasteiger partial charge in [0.1, 0.15) is 0 Å². The highest BCUT2D eigenvalue weighted by molar-refractivity contribution is 5.90. The van der Waals surface area contributed by atoms with E-state index >= 15 is 0 Å². The number of carbonyl (C=O) groups is 1. The molecule has 2 aromatic rings. The van der Waals surface area contributed by atoms with Gasteiger partial charge in [-0.3, -0.25) is 4.79 Å². The second-order valence-corrected chi connectivity index (χ2v) is 4.70. The first kappa shape index (κ1) is 13.1. The summed E-state index contributed by atoms with van der Waals surface area (Å²) in [6, 6.07) is 14.1. The lowest BCUT2D eigenvalue weighted by Crippen LogP contribution is -2.07. The van der Waals surface area contributed by atoms with Gasteiger partial charge < -0.3 is 10.6 Å². The van der Waals surface area contributed by atoms with Crippen molar-refractivity contribution in [2.75, 3.05) is 10.6 Å². The Morgan fingerprint density at radius 3 is 2.21 bits per heavy atom. The molecule has 0 bridgehead atoms. The monoisotopic (exact) mass is 254 g/mol. The molecule has 1 amide bonds. The second-order valence-electron chi connectivity index (χ2n) is 4.70. The predicted molar refractivity (Wildman–Crippen MR) is 79.9 cm³/mol. The first-order valence-electron chi connectivity index (χ1n) is 6.26. The van der Waals surface area contributed by atoms with Crippen LogP contribution in [0.15, 0.2) is 42.5 Å². The molecule has 0 aliphatic heterocycles. The van der Waals surface area contributed by atoms with Crippen LogP contribution in [-0.2, 0) is 4.79 Å². The van der Waals surface area contributed by atoms with Crippen molar-refractivity contribution in [3.8, 4) is 0 Å². The number of amides is 1. The molecular formula is C16H18N2O. The van der Waals surface area contributed by atoms with E-state index in [1.165, 1.54) is 12.5 Å². The lowest BCUT2D eigenvalue weighted by atomic mass is 10.1. The van der Waals surface area contributed by atoms with E-state index in [4.69, 9.17) is 0 Å². The smallest absolute Gasteiger partial charge is 0.221 e.